The molecule has 0 aliphatic carbocycles. The standard InChI is InChI=1S/C22H26N4O2S/c1-3-26-20(15-28-19-11-9-17(2)10-12-19)24-25-22(26)29-16-21(27)23-14-13-18-7-5-4-6-8-18/h4-12H,3,13-16H2,1-2H3,(H,23,27). The minimum absolute atomic E-state index is 0.00552. The molecule has 3 aromatic rings. The van der Waals surface area contributed by atoms with Gasteiger partial charge in [0.2, 0.25) is 5.91 Å². The molecule has 0 saturated carbocycles. The highest BCUT2D eigenvalue weighted by Gasteiger charge is 2.13. The maximum absolute atomic E-state index is 12.1. The third-order valence-corrected chi connectivity index (χ3v) is 5.38. The fraction of sp³-hybridized carbons (Fsp3) is 0.318. The van der Waals surface area contributed by atoms with Gasteiger partial charge >= 0.3 is 0 Å². The molecule has 0 radical (unpaired) electrons. The normalized spacial score (nSPS) is 10.7. The number of nitrogens with one attached hydrogen (secondary N) is 1. The van der Waals surface area contributed by atoms with Gasteiger partial charge in [-0.3, -0.25) is 4.79 Å². The summed E-state index contributed by atoms with van der Waals surface area (Å²) in [4.78, 5) is 12.1. The molecular formula is C22H26N4O2S. The van der Waals surface area contributed by atoms with Crippen molar-refractivity contribution < 1.29 is 9.53 Å². The number of hydrogen-bond acceptors (Lipinski definition) is 5. The van der Waals surface area contributed by atoms with Crippen LogP contribution in [0.5, 0.6) is 5.75 Å². The van der Waals surface area contributed by atoms with Crippen LogP contribution in [0.15, 0.2) is 59.8 Å². The van der Waals surface area contributed by atoms with E-state index in [0.29, 0.717) is 18.9 Å². The first-order chi connectivity index (χ1) is 14.2. The first kappa shape index (κ1) is 20.9. The summed E-state index contributed by atoms with van der Waals surface area (Å²) in [6, 6.07) is 18.0. The van der Waals surface area contributed by atoms with Gasteiger partial charge in [-0.25, -0.2) is 0 Å². The van der Waals surface area contributed by atoms with Crippen LogP contribution < -0.4 is 10.1 Å². The van der Waals surface area contributed by atoms with E-state index in [1.807, 2.05) is 60.9 Å². The number of amides is 1. The Kier molecular flexibility index (Phi) is 7.69. The number of hydrogen-bond donors (Lipinski definition) is 1. The molecular weight excluding hydrogens is 384 g/mol. The third kappa shape index (κ3) is 6.35. The van der Waals surface area contributed by atoms with Gasteiger partial charge in [0.25, 0.3) is 0 Å². The Morgan fingerprint density at radius 1 is 1.10 bits per heavy atom. The van der Waals surface area contributed by atoms with E-state index >= 15 is 0 Å². The van der Waals surface area contributed by atoms with Crippen molar-refractivity contribution in [1.29, 1.82) is 0 Å². The minimum Gasteiger partial charge on any atom is -0.486 e. The van der Waals surface area contributed by atoms with Crippen molar-refractivity contribution in [3.63, 3.8) is 0 Å². The Morgan fingerprint density at radius 2 is 1.86 bits per heavy atom. The topological polar surface area (TPSA) is 69.0 Å². The number of thioether (sulfide) groups is 1. The summed E-state index contributed by atoms with van der Waals surface area (Å²) < 4.78 is 7.79. The average Bonchev–Trinajstić information content (AvgIpc) is 3.14. The molecule has 152 valence electrons. The first-order valence-corrected chi connectivity index (χ1v) is 10.7. The monoisotopic (exact) mass is 410 g/mol. The van der Waals surface area contributed by atoms with E-state index < -0.39 is 0 Å². The summed E-state index contributed by atoms with van der Waals surface area (Å²) in [5.74, 6) is 1.86. The molecule has 1 aromatic heterocycles. The lowest BCUT2D eigenvalue weighted by molar-refractivity contribution is -0.118. The summed E-state index contributed by atoms with van der Waals surface area (Å²) >= 11 is 1.39. The lowest BCUT2D eigenvalue weighted by atomic mass is 10.1. The van der Waals surface area contributed by atoms with E-state index in [1.165, 1.54) is 22.9 Å². The molecule has 0 aliphatic rings. The number of nitrogens with zero attached hydrogens (tertiary/aromatic N) is 3. The van der Waals surface area contributed by atoms with Crippen LogP contribution in [0, 0.1) is 6.92 Å². The molecule has 0 spiro atoms. The lowest BCUT2D eigenvalue weighted by Gasteiger charge is -2.09. The summed E-state index contributed by atoms with van der Waals surface area (Å²) in [5, 5.41) is 12.1. The van der Waals surface area contributed by atoms with Gasteiger partial charge < -0.3 is 14.6 Å². The summed E-state index contributed by atoms with van der Waals surface area (Å²) in [6.45, 7) is 5.76. The molecule has 3 rings (SSSR count). The van der Waals surface area contributed by atoms with E-state index in [1.54, 1.807) is 0 Å². The van der Waals surface area contributed by atoms with Crippen molar-refractivity contribution in [3.05, 3.63) is 71.5 Å². The second kappa shape index (κ2) is 10.7. The van der Waals surface area contributed by atoms with Crippen LogP contribution >= 0.6 is 11.8 Å². The van der Waals surface area contributed by atoms with Crippen LogP contribution in [0.2, 0.25) is 0 Å². The molecule has 1 N–H and O–H groups in total. The van der Waals surface area contributed by atoms with E-state index in [4.69, 9.17) is 4.74 Å². The van der Waals surface area contributed by atoms with Crippen molar-refractivity contribution in [2.45, 2.75) is 38.6 Å². The quantitative estimate of drug-likeness (QED) is 0.517. The summed E-state index contributed by atoms with van der Waals surface area (Å²) in [5.41, 5.74) is 2.40. The molecule has 0 aliphatic heterocycles. The van der Waals surface area contributed by atoms with Crippen molar-refractivity contribution in [1.82, 2.24) is 20.1 Å². The van der Waals surface area contributed by atoms with Crippen LogP contribution in [0.3, 0.4) is 0 Å². The second-order valence-electron chi connectivity index (χ2n) is 6.62. The second-order valence-corrected chi connectivity index (χ2v) is 7.56. The number of benzene rings is 2. The van der Waals surface area contributed by atoms with Gasteiger partial charge in [0.05, 0.1) is 5.75 Å². The van der Waals surface area contributed by atoms with Crippen LogP contribution in [0.25, 0.3) is 0 Å². The SMILES string of the molecule is CCn1c(COc2ccc(C)cc2)nnc1SCC(=O)NCCc1ccccc1. The number of aryl methyl sites for hydroxylation is 1. The molecule has 1 amide bonds. The van der Waals surface area contributed by atoms with E-state index in [2.05, 4.69) is 27.6 Å². The number of ether oxygens (including phenoxy) is 1. The molecule has 0 atom stereocenters. The van der Waals surface area contributed by atoms with Crippen molar-refractivity contribution in [2.75, 3.05) is 12.3 Å². The largest absolute Gasteiger partial charge is 0.486 e. The Hall–Kier alpha value is -2.80. The van der Waals surface area contributed by atoms with Crippen LogP contribution in [0.1, 0.15) is 23.9 Å². The average molecular weight is 411 g/mol. The lowest BCUT2D eigenvalue weighted by Crippen LogP contribution is -2.27. The molecule has 0 saturated heterocycles. The van der Waals surface area contributed by atoms with Gasteiger partial charge in [0, 0.05) is 13.1 Å². The Balaban J connectivity index is 1.46. The molecule has 1 heterocycles. The van der Waals surface area contributed by atoms with Crippen molar-refractivity contribution >= 4 is 17.7 Å². The van der Waals surface area contributed by atoms with E-state index in [9.17, 15) is 4.79 Å². The first-order valence-electron chi connectivity index (χ1n) is 9.70. The molecule has 0 bridgehead atoms. The van der Waals surface area contributed by atoms with Gasteiger partial charge in [0.15, 0.2) is 11.0 Å². The summed E-state index contributed by atoms with van der Waals surface area (Å²) in [7, 11) is 0. The summed E-state index contributed by atoms with van der Waals surface area (Å²) in [6.07, 6.45) is 0.822. The van der Waals surface area contributed by atoms with Gasteiger partial charge in [-0.1, -0.05) is 59.8 Å². The Bertz CT molecular complexity index is 910. The highest BCUT2D eigenvalue weighted by molar-refractivity contribution is 7.99. The van der Waals surface area contributed by atoms with Gasteiger partial charge in [0.1, 0.15) is 12.4 Å². The maximum atomic E-state index is 12.1. The molecule has 0 fully saturated rings. The zero-order valence-corrected chi connectivity index (χ0v) is 17.6. The van der Waals surface area contributed by atoms with E-state index in [0.717, 1.165) is 29.7 Å². The highest BCUT2D eigenvalue weighted by atomic mass is 32.2. The zero-order chi connectivity index (χ0) is 20.5. The number of rotatable bonds is 10. The zero-order valence-electron chi connectivity index (χ0n) is 16.8. The Morgan fingerprint density at radius 3 is 2.59 bits per heavy atom. The maximum Gasteiger partial charge on any atom is 0.230 e. The molecule has 0 unspecified atom stereocenters. The number of carbonyl (C=O) groups excluding carboxylic acids is 1. The predicted molar refractivity (Wildman–Crippen MR) is 115 cm³/mol. The van der Waals surface area contributed by atoms with Crippen LogP contribution in [0.4, 0.5) is 0 Å². The smallest absolute Gasteiger partial charge is 0.230 e. The minimum atomic E-state index is -0.00552. The van der Waals surface area contributed by atoms with Crippen LogP contribution in [-0.4, -0.2) is 33.0 Å². The van der Waals surface area contributed by atoms with Crippen molar-refractivity contribution in [2.24, 2.45) is 0 Å². The van der Waals surface area contributed by atoms with Gasteiger partial charge in [-0.15, -0.1) is 10.2 Å². The molecule has 2 aromatic carbocycles. The third-order valence-electron chi connectivity index (χ3n) is 4.41. The fourth-order valence-electron chi connectivity index (χ4n) is 2.80. The molecule has 6 nitrogen and oxygen atoms in total. The predicted octanol–water partition coefficient (Wildman–Crippen LogP) is 3.64. The van der Waals surface area contributed by atoms with E-state index in [-0.39, 0.29) is 5.91 Å². The number of carbonyl (C=O) groups is 1. The van der Waals surface area contributed by atoms with Crippen molar-refractivity contribution in [3.8, 4) is 5.75 Å². The molecule has 29 heavy (non-hydrogen) atoms. The van der Waals surface area contributed by atoms with Crippen LogP contribution in [-0.2, 0) is 24.4 Å². The number of aromatic nitrogens is 3. The molecule has 7 heteroatoms. The van der Waals surface area contributed by atoms with Gasteiger partial charge in [-0.05, 0) is 38.0 Å². The van der Waals surface area contributed by atoms with Gasteiger partial charge in [-0.2, -0.15) is 0 Å². The fourth-order valence-corrected chi connectivity index (χ4v) is 3.66. The Labute approximate surface area is 175 Å². The highest BCUT2D eigenvalue weighted by Crippen LogP contribution is 2.18.